The minimum Gasteiger partial charge on any atom is -0.353 e. The van der Waals surface area contributed by atoms with Crippen LogP contribution in [0.1, 0.15) is 23.7 Å². The number of hydrogen-bond donors (Lipinski definition) is 1. The van der Waals surface area contributed by atoms with Crippen LogP contribution in [0.3, 0.4) is 0 Å². The van der Waals surface area contributed by atoms with E-state index in [4.69, 9.17) is 5.26 Å². The van der Waals surface area contributed by atoms with Crippen molar-refractivity contribution >= 4 is 0 Å². The summed E-state index contributed by atoms with van der Waals surface area (Å²) in [6, 6.07) is 2.11. The van der Waals surface area contributed by atoms with Crippen molar-refractivity contribution in [3.63, 3.8) is 0 Å². The molecular formula is C8H10N2. The van der Waals surface area contributed by atoms with Gasteiger partial charge in [0.15, 0.2) is 0 Å². The number of aromatic amines is 1. The van der Waals surface area contributed by atoms with E-state index in [-0.39, 0.29) is 0 Å². The highest BCUT2D eigenvalue weighted by Crippen LogP contribution is 2.11. The fourth-order valence-electron chi connectivity index (χ4n) is 1.11. The zero-order chi connectivity index (χ0) is 7.56. The van der Waals surface area contributed by atoms with Crippen LogP contribution in [0.25, 0.3) is 0 Å². The van der Waals surface area contributed by atoms with Gasteiger partial charge in [-0.3, -0.25) is 0 Å². The maximum atomic E-state index is 8.58. The summed E-state index contributed by atoms with van der Waals surface area (Å²) in [5, 5.41) is 8.58. The molecule has 2 nitrogen and oxygen atoms in total. The zero-order valence-electron chi connectivity index (χ0n) is 6.23. The average Bonchev–Trinajstić information content (AvgIpc) is 2.30. The predicted octanol–water partition coefficient (Wildman–Crippen LogP) is 1.76. The van der Waals surface area contributed by atoms with Crippen molar-refractivity contribution in [3.8, 4) is 6.07 Å². The molecule has 10 heavy (non-hydrogen) atoms. The van der Waals surface area contributed by atoms with E-state index in [9.17, 15) is 0 Å². The van der Waals surface area contributed by atoms with Crippen molar-refractivity contribution in [1.29, 1.82) is 5.26 Å². The van der Waals surface area contributed by atoms with Crippen molar-refractivity contribution in [2.45, 2.75) is 20.3 Å². The second kappa shape index (κ2) is 2.57. The van der Waals surface area contributed by atoms with E-state index >= 15 is 0 Å². The van der Waals surface area contributed by atoms with Crippen LogP contribution in [-0.4, -0.2) is 4.98 Å². The molecule has 2 heteroatoms. The molecular weight excluding hydrogens is 124 g/mol. The smallest absolute Gasteiger partial charge is 0.121 e. The van der Waals surface area contributed by atoms with E-state index in [1.54, 1.807) is 0 Å². The van der Waals surface area contributed by atoms with Crippen LogP contribution in [0, 0.1) is 18.3 Å². The molecule has 0 aliphatic heterocycles. The second-order valence-electron chi connectivity index (χ2n) is 2.29. The van der Waals surface area contributed by atoms with Crippen LogP contribution in [-0.2, 0) is 6.42 Å². The summed E-state index contributed by atoms with van der Waals surface area (Å²) in [5.41, 5.74) is 3.03. The summed E-state index contributed by atoms with van der Waals surface area (Å²) in [6.07, 6.45) is 2.80. The SMILES string of the molecule is CCc1c(C)c[nH]c1C#N. The maximum Gasteiger partial charge on any atom is 0.121 e. The molecule has 0 atom stereocenters. The first-order valence-electron chi connectivity index (χ1n) is 3.36. The number of rotatable bonds is 1. The molecule has 0 bridgehead atoms. The number of nitriles is 1. The maximum absolute atomic E-state index is 8.58. The van der Waals surface area contributed by atoms with Crippen molar-refractivity contribution < 1.29 is 0 Å². The second-order valence-corrected chi connectivity index (χ2v) is 2.29. The first-order valence-corrected chi connectivity index (χ1v) is 3.36. The van der Waals surface area contributed by atoms with Crippen LogP contribution < -0.4 is 0 Å². The summed E-state index contributed by atoms with van der Waals surface area (Å²) in [5.74, 6) is 0. The third kappa shape index (κ3) is 0.906. The summed E-state index contributed by atoms with van der Waals surface area (Å²) in [7, 11) is 0. The molecule has 0 aliphatic rings. The van der Waals surface area contributed by atoms with Crippen molar-refractivity contribution in [1.82, 2.24) is 4.98 Å². The molecule has 1 aromatic rings. The Labute approximate surface area is 60.5 Å². The highest BCUT2D eigenvalue weighted by atomic mass is 14.7. The van der Waals surface area contributed by atoms with Crippen LogP contribution in [0.2, 0.25) is 0 Å². The van der Waals surface area contributed by atoms with Gasteiger partial charge in [-0.25, -0.2) is 0 Å². The van der Waals surface area contributed by atoms with Gasteiger partial charge < -0.3 is 4.98 Å². The first kappa shape index (κ1) is 6.88. The van der Waals surface area contributed by atoms with Crippen molar-refractivity contribution in [2.75, 3.05) is 0 Å². The molecule has 0 unspecified atom stereocenters. The molecule has 1 aromatic heterocycles. The predicted molar refractivity (Wildman–Crippen MR) is 39.6 cm³/mol. The first-order chi connectivity index (χ1) is 4.79. The molecule has 1 heterocycles. The Balaban J connectivity index is 3.16. The number of H-pyrrole nitrogens is 1. The lowest BCUT2D eigenvalue weighted by atomic mass is 10.1. The molecule has 1 rings (SSSR count). The van der Waals surface area contributed by atoms with Crippen LogP contribution >= 0.6 is 0 Å². The summed E-state index contributed by atoms with van der Waals surface area (Å²) in [4.78, 5) is 2.91. The van der Waals surface area contributed by atoms with E-state index in [1.165, 1.54) is 5.56 Å². The number of nitrogens with one attached hydrogen (secondary N) is 1. The van der Waals surface area contributed by atoms with Gasteiger partial charge in [0, 0.05) is 6.20 Å². The largest absolute Gasteiger partial charge is 0.353 e. The van der Waals surface area contributed by atoms with Gasteiger partial charge in [-0.15, -0.1) is 0 Å². The summed E-state index contributed by atoms with van der Waals surface area (Å²) >= 11 is 0. The highest BCUT2D eigenvalue weighted by molar-refractivity contribution is 5.37. The third-order valence-electron chi connectivity index (χ3n) is 1.68. The van der Waals surface area contributed by atoms with E-state index in [0.717, 1.165) is 12.0 Å². The minimum absolute atomic E-state index is 0.708. The molecule has 52 valence electrons. The fourth-order valence-corrected chi connectivity index (χ4v) is 1.11. The number of hydrogen-bond acceptors (Lipinski definition) is 1. The lowest BCUT2D eigenvalue weighted by molar-refractivity contribution is 1.11. The molecule has 0 fully saturated rings. The number of aryl methyl sites for hydroxylation is 1. The monoisotopic (exact) mass is 134 g/mol. The van der Waals surface area contributed by atoms with Gasteiger partial charge in [-0.1, -0.05) is 6.92 Å². The number of nitrogens with zero attached hydrogens (tertiary/aromatic N) is 1. The normalized spacial score (nSPS) is 9.30. The Hall–Kier alpha value is -1.23. The Kier molecular flexibility index (Phi) is 1.77. The number of aromatic nitrogens is 1. The molecule has 0 aliphatic carbocycles. The zero-order valence-corrected chi connectivity index (χ0v) is 6.23. The Morgan fingerprint density at radius 3 is 2.80 bits per heavy atom. The van der Waals surface area contributed by atoms with Crippen LogP contribution in [0.15, 0.2) is 6.20 Å². The van der Waals surface area contributed by atoms with E-state index in [2.05, 4.69) is 18.0 Å². The lowest BCUT2D eigenvalue weighted by Crippen LogP contribution is -1.83. The van der Waals surface area contributed by atoms with Gasteiger partial charge >= 0.3 is 0 Å². The molecule has 0 saturated carbocycles. The molecule has 0 saturated heterocycles. The van der Waals surface area contributed by atoms with Crippen LogP contribution in [0.4, 0.5) is 0 Å². The van der Waals surface area contributed by atoms with Crippen molar-refractivity contribution in [2.24, 2.45) is 0 Å². The van der Waals surface area contributed by atoms with E-state index < -0.39 is 0 Å². The molecule has 0 radical (unpaired) electrons. The van der Waals surface area contributed by atoms with Gasteiger partial charge in [0.25, 0.3) is 0 Å². The van der Waals surface area contributed by atoms with E-state index in [1.807, 2.05) is 13.1 Å². The molecule has 1 N–H and O–H groups in total. The highest BCUT2D eigenvalue weighted by Gasteiger charge is 2.03. The summed E-state index contributed by atoms with van der Waals surface area (Å²) < 4.78 is 0. The standard InChI is InChI=1S/C8H10N2/c1-3-7-6(2)5-10-8(7)4-9/h5,10H,3H2,1-2H3. The Morgan fingerprint density at radius 1 is 1.70 bits per heavy atom. The molecule has 0 spiro atoms. The van der Waals surface area contributed by atoms with Crippen LogP contribution in [0.5, 0.6) is 0 Å². The molecule has 0 amide bonds. The topological polar surface area (TPSA) is 39.6 Å². The Bertz CT molecular complexity index is 265. The van der Waals surface area contributed by atoms with E-state index in [0.29, 0.717) is 5.69 Å². The molecule has 0 aromatic carbocycles. The Morgan fingerprint density at radius 2 is 2.40 bits per heavy atom. The van der Waals surface area contributed by atoms with Gasteiger partial charge in [-0.05, 0) is 24.5 Å². The van der Waals surface area contributed by atoms with Gasteiger partial charge in [0.05, 0.1) is 0 Å². The lowest BCUT2D eigenvalue weighted by Gasteiger charge is -1.91. The fraction of sp³-hybridized carbons (Fsp3) is 0.375. The summed E-state index contributed by atoms with van der Waals surface area (Å²) in [6.45, 7) is 4.06. The van der Waals surface area contributed by atoms with Gasteiger partial charge in [0.2, 0.25) is 0 Å². The average molecular weight is 134 g/mol. The quantitative estimate of drug-likeness (QED) is 0.624. The minimum atomic E-state index is 0.708. The third-order valence-corrected chi connectivity index (χ3v) is 1.68. The van der Waals surface area contributed by atoms with Gasteiger partial charge in [0.1, 0.15) is 11.8 Å². The van der Waals surface area contributed by atoms with Gasteiger partial charge in [-0.2, -0.15) is 5.26 Å². The van der Waals surface area contributed by atoms with Crippen molar-refractivity contribution in [3.05, 3.63) is 23.0 Å².